The van der Waals surface area contributed by atoms with E-state index in [4.69, 9.17) is 68.0 Å². The van der Waals surface area contributed by atoms with E-state index in [0.717, 1.165) is 0 Å². The summed E-state index contributed by atoms with van der Waals surface area (Å²) in [5.41, 5.74) is 4.63. The first-order chi connectivity index (χ1) is 33.3. The van der Waals surface area contributed by atoms with E-state index in [0.29, 0.717) is 159 Å². The number of hydrogen-bond acceptors (Lipinski definition) is 14. The molecule has 7 rings (SSSR count). The molecule has 3 heterocycles. The molecule has 0 aliphatic carbocycles. The molecule has 0 spiro atoms. The predicted molar refractivity (Wildman–Crippen MR) is 258 cm³/mol. The first-order valence-electron chi connectivity index (χ1n) is 22.8. The van der Waals surface area contributed by atoms with Crippen LogP contribution in [-0.2, 0) is 28.4 Å². The number of allylic oxidation sites excluding steroid dienone is 4. The fraction of sp³-hybridized carbons (Fsp3) is 0.385. The first kappa shape index (κ1) is 49.5. The quantitative estimate of drug-likeness (QED) is 0.177. The van der Waals surface area contributed by atoms with Gasteiger partial charge in [-0.1, -0.05) is 50.2 Å². The van der Waals surface area contributed by atoms with Crippen molar-refractivity contribution in [1.29, 1.82) is 0 Å². The average Bonchev–Trinajstić information content (AvgIpc) is 3.35. The van der Waals surface area contributed by atoms with Crippen LogP contribution < -0.4 is 18.9 Å². The van der Waals surface area contributed by atoms with Crippen molar-refractivity contribution in [2.45, 2.75) is 27.7 Å². The molecule has 16 nitrogen and oxygen atoms in total. The largest absolute Gasteiger partial charge is 0.659 e. The summed E-state index contributed by atoms with van der Waals surface area (Å²) < 4.78 is 58.0. The Hall–Kier alpha value is -6.40. The molecule has 0 radical (unpaired) electrons. The van der Waals surface area contributed by atoms with Gasteiger partial charge in [0.2, 0.25) is 0 Å². The molecule has 360 valence electrons. The van der Waals surface area contributed by atoms with Gasteiger partial charge in [-0.25, -0.2) is 0 Å². The second-order valence-electron chi connectivity index (χ2n) is 15.6. The zero-order valence-corrected chi connectivity index (χ0v) is 39.1. The monoisotopic (exact) mass is 930 g/mol. The number of aliphatic imine (C=N–C) groups is 2. The Balaban J connectivity index is 1.25. The van der Waals surface area contributed by atoms with Gasteiger partial charge in [0.25, 0.3) is 0 Å². The van der Waals surface area contributed by atoms with Gasteiger partial charge in [0.05, 0.1) is 79.3 Å². The Labute approximate surface area is 397 Å². The molecular weight excluding hydrogens is 873 g/mol. The summed E-state index contributed by atoms with van der Waals surface area (Å²) >= 11 is 0. The third-order valence-electron chi connectivity index (χ3n) is 10.7. The topological polar surface area (TPSA) is 179 Å². The van der Waals surface area contributed by atoms with Crippen LogP contribution in [0.25, 0.3) is 10.6 Å². The molecule has 0 bridgehead atoms. The molecule has 0 saturated carbocycles. The maximum atomic E-state index is 14.9. The van der Waals surface area contributed by atoms with Crippen molar-refractivity contribution in [1.82, 2.24) is 0 Å². The Morgan fingerprint density at radius 2 is 0.706 bits per heavy atom. The molecule has 16 heteroatoms. The zero-order chi connectivity index (χ0) is 47.5. The maximum absolute atomic E-state index is 14.9. The summed E-state index contributed by atoms with van der Waals surface area (Å²) in [5.74, 6) is 0.998. The lowest BCUT2D eigenvalue weighted by Gasteiger charge is -2.30. The van der Waals surface area contributed by atoms with Crippen LogP contribution in [-0.4, -0.2) is 129 Å². The standard InChI is InChI=1S/C52H60N4O12/c1-35-49(51(57)39-13-15-45-47(33-39)67-31-27-63-23-19-59-17-21-61-25-29-65-45)36(2)54-43-11-7-8-12-44(43)56-38(4)50(37(3)55-42-10-6-5-9-41(42)53-35)52(58)40-14-16-46-48(34-40)68-32-28-64-24-20-60-18-22-62-26-30-66-46/h5-16,33-34H,17-32H2,1-4H3,(H2,53,54,55,56,57,58)/p-2. The van der Waals surface area contributed by atoms with Gasteiger partial charge in [-0.3, -0.25) is 19.6 Å². The highest BCUT2D eigenvalue weighted by molar-refractivity contribution is 6.30. The van der Waals surface area contributed by atoms with Gasteiger partial charge in [0.15, 0.2) is 34.6 Å². The number of hydrogen-bond donors (Lipinski definition) is 0. The van der Waals surface area contributed by atoms with Gasteiger partial charge >= 0.3 is 0 Å². The highest BCUT2D eigenvalue weighted by Crippen LogP contribution is 2.41. The molecule has 3 aliphatic rings. The van der Waals surface area contributed by atoms with E-state index in [1.807, 2.05) is 24.3 Å². The van der Waals surface area contributed by atoms with Crippen molar-refractivity contribution in [3.8, 4) is 23.0 Å². The van der Waals surface area contributed by atoms with Gasteiger partial charge in [-0.15, -0.1) is 22.8 Å². The molecule has 0 atom stereocenters. The minimum absolute atomic E-state index is 0.222. The maximum Gasteiger partial charge on any atom is 0.193 e. The molecule has 4 aromatic rings. The normalized spacial score (nSPS) is 20.0. The van der Waals surface area contributed by atoms with Crippen LogP contribution in [0.3, 0.4) is 0 Å². The van der Waals surface area contributed by atoms with Crippen molar-refractivity contribution < 1.29 is 57.0 Å². The van der Waals surface area contributed by atoms with Crippen LogP contribution in [0.4, 0.5) is 22.7 Å². The van der Waals surface area contributed by atoms with Crippen molar-refractivity contribution in [3.63, 3.8) is 0 Å². The summed E-state index contributed by atoms with van der Waals surface area (Å²) in [5, 5.41) is 10.1. The summed E-state index contributed by atoms with van der Waals surface area (Å²) in [4.78, 5) is 39.8. The van der Waals surface area contributed by atoms with Crippen molar-refractivity contribution in [3.05, 3.63) is 129 Å². The van der Waals surface area contributed by atoms with Gasteiger partial charge in [0.1, 0.15) is 26.4 Å². The second-order valence-corrected chi connectivity index (χ2v) is 15.6. The Morgan fingerprint density at radius 1 is 0.397 bits per heavy atom. The molecule has 0 saturated heterocycles. The minimum Gasteiger partial charge on any atom is -0.659 e. The summed E-state index contributed by atoms with van der Waals surface area (Å²) in [6.45, 7) is 12.8. The van der Waals surface area contributed by atoms with E-state index in [1.54, 1.807) is 88.4 Å². The van der Waals surface area contributed by atoms with Crippen LogP contribution in [0.1, 0.15) is 48.4 Å². The first-order valence-corrected chi connectivity index (χ1v) is 22.8. The molecule has 4 aromatic carbocycles. The number of ketones is 2. The Kier molecular flexibility index (Phi) is 18.7. The third kappa shape index (κ3) is 13.8. The predicted octanol–water partition coefficient (Wildman–Crippen LogP) is 9.55. The Morgan fingerprint density at radius 3 is 1.06 bits per heavy atom. The number of carbonyl (C=O) groups excluding carboxylic acids is 2. The lowest BCUT2D eigenvalue weighted by Crippen LogP contribution is -2.15. The molecule has 0 N–H and O–H groups in total. The van der Waals surface area contributed by atoms with E-state index < -0.39 is 0 Å². The Bertz CT molecular complexity index is 2330. The number of carbonyl (C=O) groups is 2. The van der Waals surface area contributed by atoms with Crippen LogP contribution in [0, 0.1) is 0 Å². The molecule has 68 heavy (non-hydrogen) atoms. The zero-order valence-electron chi connectivity index (χ0n) is 39.1. The van der Waals surface area contributed by atoms with E-state index in [1.165, 1.54) is 0 Å². The van der Waals surface area contributed by atoms with E-state index in [-0.39, 0.29) is 49.1 Å². The summed E-state index contributed by atoms with van der Waals surface area (Å²) in [6.07, 6.45) is 0. The van der Waals surface area contributed by atoms with Crippen LogP contribution >= 0.6 is 0 Å². The van der Waals surface area contributed by atoms with Crippen molar-refractivity contribution in [2.24, 2.45) is 9.98 Å². The SMILES string of the molecule is CC1=Nc2ccccc2[N-]/C(C)=C(/C(=O)c2ccc3c(c2)OCCOCCOCCOCCO3)C(C)=Nc2ccccc2[N-]/C(C)=C\1C(=O)c1ccc2c(c1)OCCOCCOCCOCCO2. The number of Topliss-reactive ketones (excluding diaryl/α,β-unsaturated/α-hetero) is 2. The highest BCUT2D eigenvalue weighted by Gasteiger charge is 2.22. The fourth-order valence-electron chi connectivity index (χ4n) is 7.41. The van der Waals surface area contributed by atoms with Gasteiger partial charge in [0, 0.05) is 45.1 Å². The molecule has 0 fully saturated rings. The molecule has 0 unspecified atom stereocenters. The average molecular weight is 931 g/mol. The van der Waals surface area contributed by atoms with E-state index >= 15 is 0 Å². The third-order valence-corrected chi connectivity index (χ3v) is 10.7. The molecular formula is C52H58N4O12-2. The van der Waals surface area contributed by atoms with Crippen molar-refractivity contribution in [2.75, 3.05) is 106 Å². The van der Waals surface area contributed by atoms with Crippen molar-refractivity contribution >= 4 is 45.7 Å². The fourth-order valence-corrected chi connectivity index (χ4v) is 7.41. The van der Waals surface area contributed by atoms with Gasteiger partial charge in [-0.2, -0.15) is 0 Å². The summed E-state index contributed by atoms with van der Waals surface area (Å²) in [7, 11) is 0. The minimum atomic E-state index is -0.339. The highest BCUT2D eigenvalue weighted by atomic mass is 16.6. The number of nitrogens with zero attached hydrogens (tertiary/aromatic N) is 4. The smallest absolute Gasteiger partial charge is 0.193 e. The van der Waals surface area contributed by atoms with Gasteiger partial charge in [-0.05, 0) is 62.4 Å². The summed E-state index contributed by atoms with van der Waals surface area (Å²) in [6, 6.07) is 24.7. The van der Waals surface area contributed by atoms with E-state index in [2.05, 4.69) is 0 Å². The van der Waals surface area contributed by atoms with E-state index in [9.17, 15) is 9.59 Å². The van der Waals surface area contributed by atoms with Crippen LogP contribution in [0.5, 0.6) is 23.0 Å². The molecule has 3 aliphatic heterocycles. The number of benzene rings is 4. The van der Waals surface area contributed by atoms with Crippen LogP contribution in [0.2, 0.25) is 0 Å². The lowest BCUT2D eigenvalue weighted by atomic mass is 9.96. The van der Waals surface area contributed by atoms with Gasteiger partial charge < -0.3 is 58.0 Å². The number of rotatable bonds is 4. The van der Waals surface area contributed by atoms with Crippen LogP contribution in [0.15, 0.2) is 117 Å². The second kappa shape index (κ2) is 25.7. The lowest BCUT2D eigenvalue weighted by molar-refractivity contribution is 0.00708. The molecule has 0 amide bonds. The number of ether oxygens (including phenoxy) is 10. The number of para-hydroxylation sites is 4. The molecule has 0 aromatic heterocycles. The number of fused-ring (bicyclic) bond motifs is 4.